The number of carbonyl (C=O) groups excluding carboxylic acids is 2. The Labute approximate surface area is 209 Å². The number of amides is 2. The Bertz CT molecular complexity index is 1120. The topological polar surface area (TPSA) is 99.0 Å². The fourth-order valence-corrected chi connectivity index (χ4v) is 5.26. The molecule has 5 rings (SSSR count). The number of hydrogen-bond donors (Lipinski definition) is 1. The van der Waals surface area contributed by atoms with E-state index in [0.29, 0.717) is 44.2 Å². The Morgan fingerprint density at radius 1 is 1.03 bits per heavy atom. The predicted molar refractivity (Wildman–Crippen MR) is 131 cm³/mol. The highest BCUT2D eigenvalue weighted by molar-refractivity contribution is 5.98. The molecule has 0 spiro atoms. The van der Waals surface area contributed by atoms with Crippen molar-refractivity contribution in [3.8, 4) is 0 Å². The van der Waals surface area contributed by atoms with E-state index in [4.69, 9.17) is 0 Å². The summed E-state index contributed by atoms with van der Waals surface area (Å²) >= 11 is 0. The highest BCUT2D eigenvalue weighted by atomic mass is 19.1. The second-order valence-corrected chi connectivity index (χ2v) is 9.77. The molecule has 2 heterocycles. The highest BCUT2D eigenvalue weighted by Crippen LogP contribution is 2.35. The number of carbonyl (C=O) groups is 2. The maximum atomic E-state index is 13.6. The summed E-state index contributed by atoms with van der Waals surface area (Å²) in [5.41, 5.74) is 1.37. The molecule has 2 aromatic carbocycles. The summed E-state index contributed by atoms with van der Waals surface area (Å²) in [4.78, 5) is 43.5. The van der Waals surface area contributed by atoms with Crippen LogP contribution in [0.5, 0.6) is 0 Å². The molecular formula is C26H30FN5O4. The molecular weight excluding hydrogens is 465 g/mol. The lowest BCUT2D eigenvalue weighted by atomic mass is 10.1. The summed E-state index contributed by atoms with van der Waals surface area (Å²) in [5, 5.41) is 14.3. The first kappa shape index (κ1) is 24.3. The van der Waals surface area contributed by atoms with Crippen molar-refractivity contribution in [1.29, 1.82) is 0 Å². The van der Waals surface area contributed by atoms with Crippen LogP contribution in [0.15, 0.2) is 48.5 Å². The third-order valence-electron chi connectivity index (χ3n) is 7.34. The van der Waals surface area contributed by atoms with Crippen LogP contribution in [0.2, 0.25) is 0 Å². The summed E-state index contributed by atoms with van der Waals surface area (Å²) in [6, 6.07) is 11.8. The number of rotatable bonds is 7. The highest BCUT2D eigenvalue weighted by Gasteiger charge is 2.46. The van der Waals surface area contributed by atoms with E-state index in [0.717, 1.165) is 31.5 Å². The molecule has 2 unspecified atom stereocenters. The molecule has 2 aliphatic heterocycles. The van der Waals surface area contributed by atoms with Crippen molar-refractivity contribution >= 4 is 17.5 Å². The van der Waals surface area contributed by atoms with Gasteiger partial charge in [0.2, 0.25) is 5.91 Å². The number of likely N-dealkylation sites (tertiary alicyclic amines) is 1. The number of piperazine rings is 1. The Morgan fingerprint density at radius 2 is 1.69 bits per heavy atom. The number of non-ortho nitro benzene ring substituents is 1. The van der Waals surface area contributed by atoms with Gasteiger partial charge in [0.25, 0.3) is 11.6 Å². The number of nitrogens with zero attached hydrogens (tertiary/aromatic N) is 4. The lowest BCUT2D eigenvalue weighted by Gasteiger charge is -2.32. The Kier molecular flexibility index (Phi) is 6.97. The molecule has 2 aromatic rings. The largest absolute Gasteiger partial charge is 0.338 e. The number of nitro groups is 1. The lowest BCUT2D eigenvalue weighted by Crippen LogP contribution is -2.53. The average Bonchev–Trinajstić information content (AvgIpc) is 3.65. The summed E-state index contributed by atoms with van der Waals surface area (Å²) in [5.74, 6) is -0.722. The van der Waals surface area contributed by atoms with Crippen molar-refractivity contribution in [3.63, 3.8) is 0 Å². The smallest absolute Gasteiger partial charge is 0.269 e. The van der Waals surface area contributed by atoms with Gasteiger partial charge in [0, 0.05) is 69.0 Å². The molecule has 3 aliphatic rings. The van der Waals surface area contributed by atoms with E-state index in [2.05, 4.69) is 10.2 Å². The summed E-state index contributed by atoms with van der Waals surface area (Å²) in [6.45, 7) is 3.66. The van der Waals surface area contributed by atoms with Gasteiger partial charge in [-0.05, 0) is 49.1 Å². The lowest BCUT2D eigenvalue weighted by molar-refractivity contribution is -0.384. The molecule has 36 heavy (non-hydrogen) atoms. The van der Waals surface area contributed by atoms with Crippen LogP contribution in [0.4, 0.5) is 10.1 Å². The molecule has 10 heteroatoms. The Morgan fingerprint density at radius 3 is 2.31 bits per heavy atom. The fraction of sp³-hybridized carbons (Fsp3) is 0.462. The van der Waals surface area contributed by atoms with Gasteiger partial charge in [0.1, 0.15) is 11.9 Å². The van der Waals surface area contributed by atoms with Gasteiger partial charge in [-0.15, -0.1) is 0 Å². The van der Waals surface area contributed by atoms with Crippen molar-refractivity contribution < 1.29 is 18.9 Å². The molecule has 3 fully saturated rings. The number of hydrogen-bond acceptors (Lipinski definition) is 6. The zero-order chi connectivity index (χ0) is 25.2. The zero-order valence-electron chi connectivity index (χ0n) is 20.0. The predicted octanol–water partition coefficient (Wildman–Crippen LogP) is 2.41. The van der Waals surface area contributed by atoms with Crippen LogP contribution in [0.25, 0.3) is 0 Å². The summed E-state index contributed by atoms with van der Waals surface area (Å²) in [6.07, 6.45) is 2.62. The Hall–Kier alpha value is -3.37. The molecule has 2 amide bonds. The monoisotopic (exact) mass is 495 g/mol. The van der Waals surface area contributed by atoms with Crippen molar-refractivity contribution in [2.75, 3.05) is 32.7 Å². The van der Waals surface area contributed by atoms with Gasteiger partial charge in [-0.2, -0.15) is 0 Å². The zero-order valence-corrected chi connectivity index (χ0v) is 20.0. The van der Waals surface area contributed by atoms with Gasteiger partial charge < -0.3 is 15.1 Å². The van der Waals surface area contributed by atoms with Crippen LogP contribution in [-0.4, -0.2) is 82.3 Å². The molecule has 2 saturated heterocycles. The van der Waals surface area contributed by atoms with Crippen LogP contribution in [0, 0.1) is 15.9 Å². The number of nitro benzene ring substituents is 1. The molecule has 1 aliphatic carbocycles. The van der Waals surface area contributed by atoms with E-state index in [1.54, 1.807) is 17.0 Å². The van der Waals surface area contributed by atoms with E-state index in [9.17, 15) is 24.1 Å². The second-order valence-electron chi connectivity index (χ2n) is 9.77. The fourth-order valence-electron chi connectivity index (χ4n) is 5.26. The van der Waals surface area contributed by atoms with Crippen LogP contribution >= 0.6 is 0 Å². The van der Waals surface area contributed by atoms with E-state index in [1.165, 1.54) is 36.4 Å². The second kappa shape index (κ2) is 10.3. The molecule has 1 N–H and O–H groups in total. The summed E-state index contributed by atoms with van der Waals surface area (Å²) < 4.78 is 13.5. The van der Waals surface area contributed by atoms with E-state index < -0.39 is 16.8 Å². The molecule has 1 saturated carbocycles. The first-order chi connectivity index (χ1) is 17.4. The number of halogens is 1. The van der Waals surface area contributed by atoms with Crippen LogP contribution in [-0.2, 0) is 11.3 Å². The average molecular weight is 496 g/mol. The summed E-state index contributed by atoms with van der Waals surface area (Å²) in [7, 11) is 0. The molecule has 0 bridgehead atoms. The molecule has 190 valence electrons. The normalized spacial score (nSPS) is 22.2. The van der Waals surface area contributed by atoms with Crippen molar-refractivity contribution in [1.82, 2.24) is 20.0 Å². The minimum atomic E-state index is -0.580. The molecule has 9 nitrogen and oxygen atoms in total. The minimum Gasteiger partial charge on any atom is -0.338 e. The maximum absolute atomic E-state index is 13.6. The van der Waals surface area contributed by atoms with E-state index in [1.807, 2.05) is 4.90 Å². The van der Waals surface area contributed by atoms with Crippen LogP contribution in [0.3, 0.4) is 0 Å². The third-order valence-corrected chi connectivity index (χ3v) is 7.34. The van der Waals surface area contributed by atoms with E-state index >= 15 is 0 Å². The first-order valence-electron chi connectivity index (χ1n) is 12.5. The molecule has 0 aromatic heterocycles. The third kappa shape index (κ3) is 5.24. The van der Waals surface area contributed by atoms with Gasteiger partial charge in [-0.25, -0.2) is 4.39 Å². The quantitative estimate of drug-likeness (QED) is 0.468. The Balaban J connectivity index is 1.38. The first-order valence-corrected chi connectivity index (χ1v) is 12.5. The van der Waals surface area contributed by atoms with Crippen molar-refractivity contribution in [3.05, 3.63) is 75.6 Å². The number of nitrogens with one attached hydrogen (secondary N) is 1. The van der Waals surface area contributed by atoms with Crippen LogP contribution in [0.1, 0.15) is 35.2 Å². The van der Waals surface area contributed by atoms with Crippen molar-refractivity contribution in [2.45, 2.75) is 43.9 Å². The van der Waals surface area contributed by atoms with Gasteiger partial charge in [-0.1, -0.05) is 12.1 Å². The van der Waals surface area contributed by atoms with Crippen LogP contribution < -0.4 is 5.32 Å². The van der Waals surface area contributed by atoms with Gasteiger partial charge in [-0.3, -0.25) is 24.6 Å². The van der Waals surface area contributed by atoms with Gasteiger partial charge in [0.15, 0.2) is 0 Å². The van der Waals surface area contributed by atoms with E-state index in [-0.39, 0.29) is 23.5 Å². The minimum absolute atomic E-state index is 0.0195. The van der Waals surface area contributed by atoms with Crippen molar-refractivity contribution in [2.24, 2.45) is 0 Å². The SMILES string of the molecule is O=C(C1CC(N(Cc2ccc([N+](=O)[O-])cc2)C2CC2)CN1C(=O)c1ccc(F)cc1)N1CCNCC1. The van der Waals surface area contributed by atoms with Gasteiger partial charge >= 0.3 is 0 Å². The van der Waals surface area contributed by atoms with Gasteiger partial charge in [0.05, 0.1) is 4.92 Å². The molecule has 2 atom stereocenters. The number of benzene rings is 2. The maximum Gasteiger partial charge on any atom is 0.269 e. The molecule has 0 radical (unpaired) electrons. The standard InChI is InChI=1S/C26H30FN5O4/c27-20-5-3-19(4-6-20)25(33)31-17-23(15-24(31)26(34)29-13-11-28-12-14-29)30(21-9-10-21)16-18-1-7-22(8-2-18)32(35)36/h1-8,21,23-24,28H,9-17H2.